The zero-order chi connectivity index (χ0) is 12.3. The first kappa shape index (κ1) is 11.1. The number of carbonyl (C=O) groups excluding carboxylic acids is 2. The highest BCUT2D eigenvalue weighted by Crippen LogP contribution is 2.66. The first-order valence-corrected chi connectivity index (χ1v) is 5.56. The summed E-state index contributed by atoms with van der Waals surface area (Å²) in [5, 5.41) is 0. The number of methoxy groups -OCH3 is 2. The zero-order valence-corrected chi connectivity index (χ0v) is 9.73. The molecule has 4 unspecified atom stereocenters. The summed E-state index contributed by atoms with van der Waals surface area (Å²) in [6, 6.07) is 0. The fourth-order valence-electron chi connectivity index (χ4n) is 3.48. The third kappa shape index (κ3) is 0.978. The lowest BCUT2D eigenvalue weighted by atomic mass is 9.50. The van der Waals surface area contributed by atoms with Crippen molar-refractivity contribution in [2.45, 2.75) is 12.4 Å². The number of ketones is 1. The summed E-state index contributed by atoms with van der Waals surface area (Å²) in [5.41, 5.74) is -1.11. The molecule has 1 saturated carbocycles. The Bertz CT molecular complexity index is 393. The van der Waals surface area contributed by atoms with Gasteiger partial charge in [0.2, 0.25) is 0 Å². The normalized spacial score (nSPS) is 47.3. The van der Waals surface area contributed by atoms with Gasteiger partial charge in [0, 0.05) is 18.9 Å². The minimum Gasteiger partial charge on any atom is -0.468 e. The standard InChI is InChI=1S/C11H14O6/c1-14-9(13)10-6-3-7(10)8(12)5-17-11(10,15-2)16-4-6/h6-7H,3-5H2,1-2H3. The van der Waals surface area contributed by atoms with Crippen LogP contribution in [0.25, 0.3) is 0 Å². The first-order chi connectivity index (χ1) is 8.12. The van der Waals surface area contributed by atoms with Crippen LogP contribution in [0.4, 0.5) is 0 Å². The van der Waals surface area contributed by atoms with Crippen LogP contribution >= 0.6 is 0 Å². The number of rotatable bonds is 2. The van der Waals surface area contributed by atoms with Crippen LogP contribution in [0.2, 0.25) is 0 Å². The van der Waals surface area contributed by atoms with Gasteiger partial charge in [-0.1, -0.05) is 0 Å². The summed E-state index contributed by atoms with van der Waals surface area (Å²) in [6.07, 6.45) is 0.641. The maximum Gasteiger partial charge on any atom is 0.321 e. The lowest BCUT2D eigenvalue weighted by molar-refractivity contribution is -0.409. The van der Waals surface area contributed by atoms with Gasteiger partial charge in [0.25, 0.3) is 0 Å². The quantitative estimate of drug-likeness (QED) is 0.620. The molecule has 17 heavy (non-hydrogen) atoms. The fourth-order valence-corrected chi connectivity index (χ4v) is 3.48. The van der Waals surface area contributed by atoms with Crippen molar-refractivity contribution < 1.29 is 28.5 Å². The number of Topliss-reactive ketones (excluding diaryl/α,β-unsaturated/α-hetero) is 1. The van der Waals surface area contributed by atoms with E-state index in [9.17, 15) is 9.59 Å². The van der Waals surface area contributed by atoms with E-state index < -0.39 is 23.3 Å². The molecule has 3 aliphatic rings. The summed E-state index contributed by atoms with van der Waals surface area (Å²) in [6.45, 7) is 0.274. The van der Waals surface area contributed by atoms with E-state index >= 15 is 0 Å². The number of carbonyl (C=O) groups is 2. The summed E-state index contributed by atoms with van der Waals surface area (Å²) < 4.78 is 21.0. The maximum atomic E-state index is 12.1. The molecule has 2 aliphatic heterocycles. The number of hydrogen-bond donors (Lipinski definition) is 0. The molecular formula is C11H14O6. The van der Waals surface area contributed by atoms with Crippen molar-refractivity contribution >= 4 is 11.8 Å². The molecule has 6 nitrogen and oxygen atoms in total. The van der Waals surface area contributed by atoms with Crippen LogP contribution in [-0.2, 0) is 28.5 Å². The maximum absolute atomic E-state index is 12.1. The van der Waals surface area contributed by atoms with Crippen LogP contribution in [-0.4, -0.2) is 45.2 Å². The van der Waals surface area contributed by atoms with Gasteiger partial charge in [-0.2, -0.15) is 0 Å². The lowest BCUT2D eigenvalue weighted by Gasteiger charge is -2.55. The van der Waals surface area contributed by atoms with Gasteiger partial charge in [-0.3, -0.25) is 9.59 Å². The van der Waals surface area contributed by atoms with Gasteiger partial charge >= 0.3 is 11.9 Å². The smallest absolute Gasteiger partial charge is 0.321 e. The van der Waals surface area contributed by atoms with Crippen LogP contribution in [0.15, 0.2) is 0 Å². The second-order valence-electron chi connectivity index (χ2n) is 4.67. The van der Waals surface area contributed by atoms with Crippen LogP contribution < -0.4 is 0 Å². The largest absolute Gasteiger partial charge is 0.468 e. The Morgan fingerprint density at radius 2 is 2.18 bits per heavy atom. The van der Waals surface area contributed by atoms with Crippen molar-refractivity contribution in [1.29, 1.82) is 0 Å². The van der Waals surface area contributed by atoms with E-state index in [-0.39, 0.29) is 18.3 Å². The molecule has 94 valence electrons. The van der Waals surface area contributed by atoms with Gasteiger partial charge in [-0.25, -0.2) is 0 Å². The first-order valence-electron chi connectivity index (χ1n) is 5.56. The zero-order valence-electron chi connectivity index (χ0n) is 9.73. The summed E-state index contributed by atoms with van der Waals surface area (Å²) in [4.78, 5) is 23.9. The average Bonchev–Trinajstić information content (AvgIpc) is 2.61. The summed E-state index contributed by atoms with van der Waals surface area (Å²) >= 11 is 0. The molecule has 0 aromatic carbocycles. The van der Waals surface area contributed by atoms with Crippen molar-refractivity contribution in [1.82, 2.24) is 0 Å². The lowest BCUT2D eigenvalue weighted by Crippen LogP contribution is -2.71. The molecule has 2 heterocycles. The Labute approximate surface area is 98.1 Å². The second-order valence-corrected chi connectivity index (χ2v) is 4.67. The molecular weight excluding hydrogens is 228 g/mol. The van der Waals surface area contributed by atoms with Gasteiger partial charge in [-0.05, 0) is 6.42 Å². The molecule has 3 rings (SSSR count). The molecule has 0 aromatic rings. The summed E-state index contributed by atoms with van der Waals surface area (Å²) in [7, 11) is 2.71. The Kier molecular flexibility index (Phi) is 2.14. The SMILES string of the molecule is COC(=O)C12C3COC1(OC)OCC(=O)C2C3. The highest BCUT2D eigenvalue weighted by molar-refractivity contribution is 5.94. The Hall–Kier alpha value is -0.980. The predicted molar refractivity (Wildman–Crippen MR) is 52.7 cm³/mol. The Morgan fingerprint density at radius 1 is 1.41 bits per heavy atom. The molecule has 0 N–H and O–H groups in total. The topological polar surface area (TPSA) is 71.1 Å². The van der Waals surface area contributed by atoms with E-state index in [4.69, 9.17) is 18.9 Å². The molecule has 3 fully saturated rings. The van der Waals surface area contributed by atoms with E-state index in [1.165, 1.54) is 14.2 Å². The highest BCUT2D eigenvalue weighted by Gasteiger charge is 2.81. The molecule has 0 bridgehead atoms. The molecule has 4 atom stereocenters. The molecule has 0 spiro atoms. The van der Waals surface area contributed by atoms with Crippen molar-refractivity contribution in [3.05, 3.63) is 0 Å². The van der Waals surface area contributed by atoms with Crippen LogP contribution in [0.3, 0.4) is 0 Å². The second kappa shape index (κ2) is 3.28. The third-order valence-corrected chi connectivity index (χ3v) is 4.28. The van der Waals surface area contributed by atoms with E-state index in [0.29, 0.717) is 13.0 Å². The van der Waals surface area contributed by atoms with E-state index in [1.807, 2.05) is 0 Å². The fraction of sp³-hybridized carbons (Fsp3) is 0.818. The van der Waals surface area contributed by atoms with Crippen molar-refractivity contribution in [2.75, 3.05) is 27.4 Å². The van der Waals surface area contributed by atoms with Crippen molar-refractivity contribution in [3.8, 4) is 0 Å². The molecule has 0 amide bonds. The van der Waals surface area contributed by atoms with Crippen LogP contribution in [0.1, 0.15) is 6.42 Å². The van der Waals surface area contributed by atoms with E-state index in [2.05, 4.69) is 0 Å². The van der Waals surface area contributed by atoms with Gasteiger partial charge in [0.05, 0.1) is 13.7 Å². The number of esters is 1. The van der Waals surface area contributed by atoms with Crippen molar-refractivity contribution in [2.24, 2.45) is 17.3 Å². The van der Waals surface area contributed by atoms with Gasteiger partial charge in [0.1, 0.15) is 6.61 Å². The van der Waals surface area contributed by atoms with Gasteiger partial charge in [0.15, 0.2) is 11.2 Å². The third-order valence-electron chi connectivity index (χ3n) is 4.28. The minimum atomic E-state index is -1.44. The number of hydrogen-bond acceptors (Lipinski definition) is 6. The van der Waals surface area contributed by atoms with E-state index in [0.717, 1.165) is 0 Å². The molecule has 1 aliphatic carbocycles. The number of ether oxygens (including phenoxy) is 4. The van der Waals surface area contributed by atoms with E-state index in [1.54, 1.807) is 0 Å². The Balaban J connectivity index is 2.11. The molecule has 0 radical (unpaired) electrons. The van der Waals surface area contributed by atoms with Crippen LogP contribution in [0, 0.1) is 17.3 Å². The monoisotopic (exact) mass is 242 g/mol. The highest BCUT2D eigenvalue weighted by atomic mass is 16.9. The molecule has 6 heteroatoms. The van der Waals surface area contributed by atoms with Gasteiger partial charge in [-0.15, -0.1) is 0 Å². The molecule has 0 aromatic heterocycles. The van der Waals surface area contributed by atoms with Crippen molar-refractivity contribution in [3.63, 3.8) is 0 Å². The average molecular weight is 242 g/mol. The van der Waals surface area contributed by atoms with Gasteiger partial charge < -0.3 is 18.9 Å². The predicted octanol–water partition coefficient (Wildman–Crippen LogP) is -0.288. The molecule has 2 saturated heterocycles. The minimum absolute atomic E-state index is 0.0656. The van der Waals surface area contributed by atoms with Crippen LogP contribution in [0.5, 0.6) is 0 Å². The Morgan fingerprint density at radius 3 is 2.82 bits per heavy atom. The summed E-state index contributed by atoms with van der Waals surface area (Å²) in [5.74, 6) is -2.47.